The molecule has 1 saturated heterocycles. The van der Waals surface area contributed by atoms with E-state index >= 15 is 0 Å². The average Bonchev–Trinajstić information content (AvgIpc) is 3.28. The minimum absolute atomic E-state index is 0.0378. The first kappa shape index (κ1) is 20.8. The van der Waals surface area contributed by atoms with Crippen LogP contribution in [0.25, 0.3) is 11.7 Å². The van der Waals surface area contributed by atoms with Gasteiger partial charge in [-0.25, -0.2) is 4.98 Å². The summed E-state index contributed by atoms with van der Waals surface area (Å²) in [6.07, 6.45) is 3.29. The highest BCUT2D eigenvalue weighted by Crippen LogP contribution is 2.25. The lowest BCUT2D eigenvalue weighted by Crippen LogP contribution is -2.19. The van der Waals surface area contributed by atoms with Crippen LogP contribution in [0.4, 0.5) is 17.3 Å². The van der Waals surface area contributed by atoms with Crippen LogP contribution in [0.5, 0.6) is 0 Å². The van der Waals surface area contributed by atoms with E-state index in [2.05, 4.69) is 26.0 Å². The number of aromatic nitrogens is 3. The fourth-order valence-corrected chi connectivity index (χ4v) is 3.38. The standard InChI is InChI=1S/C21H21ClN6O3/c1-2-31-7-6-23-18-11-17(25-16-5-3-4-15(22)10-16)26-20-14(12-24-28(18)20)8-13-9-19(29)27-21(13)30/h3-5,8,10-12,23H,2,6-7,9H2,1H3,(H,25,26)(H,27,29,30)/b13-8+. The number of fused-ring (bicyclic) bond motifs is 1. The molecule has 31 heavy (non-hydrogen) atoms. The molecule has 4 rings (SSSR count). The molecule has 9 nitrogen and oxygen atoms in total. The highest BCUT2D eigenvalue weighted by Gasteiger charge is 2.24. The number of ether oxygens (including phenoxy) is 1. The summed E-state index contributed by atoms with van der Waals surface area (Å²) in [6, 6.07) is 9.14. The van der Waals surface area contributed by atoms with Gasteiger partial charge in [-0.2, -0.15) is 9.61 Å². The van der Waals surface area contributed by atoms with E-state index in [4.69, 9.17) is 16.3 Å². The Morgan fingerprint density at radius 3 is 2.94 bits per heavy atom. The van der Waals surface area contributed by atoms with E-state index in [1.807, 2.05) is 25.1 Å². The van der Waals surface area contributed by atoms with Crippen LogP contribution in [0.1, 0.15) is 18.9 Å². The number of rotatable bonds is 8. The highest BCUT2D eigenvalue weighted by molar-refractivity contribution is 6.30. The summed E-state index contributed by atoms with van der Waals surface area (Å²) in [5, 5.41) is 13.8. The van der Waals surface area contributed by atoms with Gasteiger partial charge in [0.2, 0.25) is 5.91 Å². The van der Waals surface area contributed by atoms with Gasteiger partial charge in [-0.1, -0.05) is 17.7 Å². The zero-order valence-electron chi connectivity index (χ0n) is 16.8. The van der Waals surface area contributed by atoms with Crippen LogP contribution in [0.15, 0.2) is 42.1 Å². The van der Waals surface area contributed by atoms with Crippen LogP contribution < -0.4 is 16.0 Å². The summed E-state index contributed by atoms with van der Waals surface area (Å²) >= 11 is 6.09. The van der Waals surface area contributed by atoms with Gasteiger partial charge in [0.15, 0.2) is 5.65 Å². The van der Waals surface area contributed by atoms with Crippen LogP contribution in [0.2, 0.25) is 5.02 Å². The summed E-state index contributed by atoms with van der Waals surface area (Å²) in [5.41, 5.74) is 2.32. The van der Waals surface area contributed by atoms with Gasteiger partial charge in [0.05, 0.1) is 19.2 Å². The number of carbonyl (C=O) groups is 2. The molecular weight excluding hydrogens is 420 g/mol. The lowest BCUT2D eigenvalue weighted by molar-refractivity contribution is -0.124. The Labute approximate surface area is 183 Å². The fourth-order valence-electron chi connectivity index (χ4n) is 3.19. The third-order valence-corrected chi connectivity index (χ3v) is 4.81. The van der Waals surface area contributed by atoms with E-state index < -0.39 is 5.91 Å². The maximum atomic E-state index is 12.0. The molecule has 0 bridgehead atoms. The normalized spacial score (nSPS) is 15.0. The topological polar surface area (TPSA) is 110 Å². The average molecular weight is 441 g/mol. The molecular formula is C21H21ClN6O3. The van der Waals surface area contributed by atoms with Crippen LogP contribution in [-0.4, -0.2) is 46.2 Å². The molecule has 0 radical (unpaired) electrons. The Bertz CT molecular complexity index is 1170. The zero-order valence-corrected chi connectivity index (χ0v) is 17.6. The number of hydrogen-bond donors (Lipinski definition) is 3. The zero-order chi connectivity index (χ0) is 21.8. The Hall–Kier alpha value is -3.43. The number of benzene rings is 1. The predicted octanol–water partition coefficient (Wildman–Crippen LogP) is 3.00. The molecule has 160 valence electrons. The molecule has 1 aromatic carbocycles. The molecule has 10 heteroatoms. The van der Waals surface area contributed by atoms with Gasteiger partial charge in [-0.15, -0.1) is 0 Å². The lowest BCUT2D eigenvalue weighted by atomic mass is 10.1. The van der Waals surface area contributed by atoms with Crippen LogP contribution in [0, 0.1) is 0 Å². The molecule has 1 aliphatic rings. The van der Waals surface area contributed by atoms with Crippen molar-refractivity contribution < 1.29 is 14.3 Å². The minimum atomic E-state index is -0.396. The van der Waals surface area contributed by atoms with Crippen molar-refractivity contribution in [2.75, 3.05) is 30.4 Å². The molecule has 0 spiro atoms. The molecule has 1 aliphatic heterocycles. The van der Waals surface area contributed by atoms with Crippen molar-refractivity contribution in [2.24, 2.45) is 0 Å². The van der Waals surface area contributed by atoms with Crippen LogP contribution in [-0.2, 0) is 14.3 Å². The van der Waals surface area contributed by atoms with E-state index in [1.54, 1.807) is 28.9 Å². The van der Waals surface area contributed by atoms with Crippen molar-refractivity contribution in [1.29, 1.82) is 0 Å². The SMILES string of the molecule is CCOCCNc1cc(Nc2cccc(Cl)c2)nc2c(/C=C3\CC(=O)NC3=O)cnn12. The van der Waals surface area contributed by atoms with E-state index in [0.717, 1.165) is 5.69 Å². The summed E-state index contributed by atoms with van der Waals surface area (Å²) < 4.78 is 7.05. The van der Waals surface area contributed by atoms with Crippen molar-refractivity contribution >= 4 is 52.5 Å². The second-order valence-corrected chi connectivity index (χ2v) is 7.28. The van der Waals surface area contributed by atoms with Gasteiger partial charge < -0.3 is 15.4 Å². The molecule has 3 aromatic rings. The Morgan fingerprint density at radius 1 is 1.32 bits per heavy atom. The molecule has 3 N–H and O–H groups in total. The van der Waals surface area contributed by atoms with E-state index in [-0.39, 0.29) is 12.3 Å². The molecule has 2 amide bonds. The second-order valence-electron chi connectivity index (χ2n) is 6.84. The highest BCUT2D eigenvalue weighted by atomic mass is 35.5. The molecule has 0 aliphatic carbocycles. The van der Waals surface area contributed by atoms with Crippen molar-refractivity contribution in [3.8, 4) is 0 Å². The third kappa shape index (κ3) is 4.84. The predicted molar refractivity (Wildman–Crippen MR) is 118 cm³/mol. The molecule has 1 fully saturated rings. The van der Waals surface area contributed by atoms with Crippen molar-refractivity contribution in [1.82, 2.24) is 19.9 Å². The minimum Gasteiger partial charge on any atom is -0.380 e. The van der Waals surface area contributed by atoms with E-state index in [1.165, 1.54) is 0 Å². The molecule has 0 atom stereocenters. The first-order valence-electron chi connectivity index (χ1n) is 9.81. The number of hydrogen-bond acceptors (Lipinski definition) is 7. The van der Waals surface area contributed by atoms with Gasteiger partial charge in [0.25, 0.3) is 5.91 Å². The van der Waals surface area contributed by atoms with Crippen molar-refractivity contribution in [3.05, 3.63) is 52.7 Å². The van der Waals surface area contributed by atoms with Crippen LogP contribution in [0.3, 0.4) is 0 Å². The van der Waals surface area contributed by atoms with Gasteiger partial charge in [0.1, 0.15) is 11.6 Å². The Morgan fingerprint density at radius 2 is 2.19 bits per heavy atom. The fraction of sp³-hybridized carbons (Fsp3) is 0.238. The third-order valence-electron chi connectivity index (χ3n) is 4.58. The number of halogens is 1. The smallest absolute Gasteiger partial charge is 0.254 e. The molecule has 0 saturated carbocycles. The van der Waals surface area contributed by atoms with E-state index in [0.29, 0.717) is 53.2 Å². The monoisotopic (exact) mass is 440 g/mol. The number of amides is 2. The van der Waals surface area contributed by atoms with Crippen molar-refractivity contribution in [3.63, 3.8) is 0 Å². The number of nitrogens with one attached hydrogen (secondary N) is 3. The van der Waals surface area contributed by atoms with E-state index in [9.17, 15) is 9.59 Å². The molecule has 3 heterocycles. The van der Waals surface area contributed by atoms with Crippen LogP contribution >= 0.6 is 11.6 Å². The molecule has 2 aromatic heterocycles. The summed E-state index contributed by atoms with van der Waals surface area (Å²) in [5.74, 6) is 0.557. The summed E-state index contributed by atoms with van der Waals surface area (Å²) in [4.78, 5) is 28.1. The number of carbonyl (C=O) groups excluding carboxylic acids is 2. The first-order chi connectivity index (χ1) is 15.0. The Balaban J connectivity index is 1.72. The van der Waals surface area contributed by atoms with Gasteiger partial charge in [0, 0.05) is 41.1 Å². The summed E-state index contributed by atoms with van der Waals surface area (Å²) in [7, 11) is 0. The van der Waals surface area contributed by atoms with Gasteiger partial charge >= 0.3 is 0 Å². The maximum absolute atomic E-state index is 12.0. The number of imide groups is 1. The number of nitrogens with zero attached hydrogens (tertiary/aromatic N) is 3. The quantitative estimate of drug-likeness (QED) is 0.280. The molecule has 0 unspecified atom stereocenters. The van der Waals surface area contributed by atoms with Crippen molar-refractivity contribution in [2.45, 2.75) is 13.3 Å². The van der Waals surface area contributed by atoms with Gasteiger partial charge in [-0.05, 0) is 31.2 Å². The maximum Gasteiger partial charge on any atom is 0.254 e. The Kier molecular flexibility index (Phi) is 6.15. The summed E-state index contributed by atoms with van der Waals surface area (Å²) in [6.45, 7) is 3.69. The van der Waals surface area contributed by atoms with Gasteiger partial charge in [-0.3, -0.25) is 14.9 Å². The largest absolute Gasteiger partial charge is 0.380 e. The lowest BCUT2D eigenvalue weighted by Gasteiger charge is -2.12. The first-order valence-corrected chi connectivity index (χ1v) is 10.2. The number of anilines is 3. The second kappa shape index (κ2) is 9.15.